The number of allylic oxidation sites excluding steroid dienone is 1. The number of carbonyl (C=O) groups is 2. The molecular weight excluding hydrogens is 308 g/mol. The van der Waals surface area contributed by atoms with Crippen LogP contribution in [0.25, 0.3) is 0 Å². The van der Waals surface area contributed by atoms with Crippen molar-refractivity contribution in [2.45, 2.75) is 46.0 Å². The zero-order valence-electron chi connectivity index (χ0n) is 15.1. The van der Waals surface area contributed by atoms with Gasteiger partial charge < -0.3 is 21.1 Å². The Kier molecular flexibility index (Phi) is 7.25. The summed E-state index contributed by atoms with van der Waals surface area (Å²) >= 11 is 0. The predicted molar refractivity (Wildman–Crippen MR) is 94.4 cm³/mol. The molecule has 1 atom stereocenters. The Balaban J connectivity index is 2.31. The van der Waals surface area contributed by atoms with Gasteiger partial charge in [0, 0.05) is 26.6 Å². The van der Waals surface area contributed by atoms with E-state index in [1.807, 2.05) is 25.8 Å². The Morgan fingerprint density at radius 2 is 2.00 bits per heavy atom. The third-order valence-corrected chi connectivity index (χ3v) is 4.48. The van der Waals surface area contributed by atoms with Crippen LogP contribution in [0, 0.1) is 11.3 Å². The minimum atomic E-state index is -1.09. The average Bonchev–Trinajstić information content (AvgIpc) is 3.16. The largest absolute Gasteiger partial charge is 0.477 e. The lowest BCUT2D eigenvalue weighted by atomic mass is 10.1. The molecule has 0 aromatic rings. The number of carbonyl (C=O) groups excluding carboxylic acids is 1. The van der Waals surface area contributed by atoms with E-state index in [0.717, 1.165) is 32.2 Å². The highest BCUT2D eigenvalue weighted by atomic mass is 16.4. The lowest BCUT2D eigenvalue weighted by molar-refractivity contribution is -0.135. The van der Waals surface area contributed by atoms with Crippen molar-refractivity contribution in [1.29, 1.82) is 0 Å². The number of guanidine groups is 1. The van der Waals surface area contributed by atoms with Crippen molar-refractivity contribution >= 4 is 17.8 Å². The highest BCUT2D eigenvalue weighted by Crippen LogP contribution is 2.51. The number of carboxylic acids is 1. The van der Waals surface area contributed by atoms with Crippen molar-refractivity contribution in [1.82, 2.24) is 10.2 Å². The highest BCUT2D eigenvalue weighted by Gasteiger charge is 2.50. The van der Waals surface area contributed by atoms with E-state index in [-0.39, 0.29) is 22.9 Å². The van der Waals surface area contributed by atoms with Crippen molar-refractivity contribution in [3.05, 3.63) is 11.8 Å². The molecular formula is C17H30N4O3. The van der Waals surface area contributed by atoms with Gasteiger partial charge in [0.2, 0.25) is 5.91 Å². The van der Waals surface area contributed by atoms with E-state index >= 15 is 0 Å². The molecule has 1 aliphatic carbocycles. The molecule has 0 spiro atoms. The molecule has 7 nitrogen and oxygen atoms in total. The summed E-state index contributed by atoms with van der Waals surface area (Å²) in [4.78, 5) is 29.0. The maximum atomic E-state index is 12.0. The fraction of sp³-hybridized carbons (Fsp3) is 0.706. The smallest absolute Gasteiger partial charge is 0.352 e. The summed E-state index contributed by atoms with van der Waals surface area (Å²) in [6, 6.07) is 0. The number of aliphatic carboxylic acids is 1. The molecule has 24 heavy (non-hydrogen) atoms. The van der Waals surface area contributed by atoms with Crippen LogP contribution in [0.4, 0.5) is 0 Å². The molecule has 7 heteroatoms. The Labute approximate surface area is 144 Å². The summed E-state index contributed by atoms with van der Waals surface area (Å²) in [5, 5.41) is 11.7. The van der Waals surface area contributed by atoms with E-state index in [1.54, 1.807) is 13.1 Å². The van der Waals surface area contributed by atoms with Gasteiger partial charge in [0.05, 0.1) is 0 Å². The number of unbranched alkanes of at least 4 members (excludes halogenated alkanes) is 3. The van der Waals surface area contributed by atoms with Gasteiger partial charge in [-0.1, -0.05) is 26.3 Å². The molecule has 0 aromatic heterocycles. The summed E-state index contributed by atoms with van der Waals surface area (Å²) in [6.07, 6.45) is 5.79. The summed E-state index contributed by atoms with van der Waals surface area (Å²) in [5.74, 6) is -0.853. The Hall–Kier alpha value is -2.05. The fourth-order valence-corrected chi connectivity index (χ4v) is 2.53. The third kappa shape index (κ3) is 6.22. The molecule has 1 fully saturated rings. The number of hydrogen-bond acceptors (Lipinski definition) is 3. The minimum absolute atomic E-state index is 0.0106. The molecule has 1 amide bonds. The quantitative estimate of drug-likeness (QED) is 0.256. The summed E-state index contributed by atoms with van der Waals surface area (Å²) < 4.78 is 0. The summed E-state index contributed by atoms with van der Waals surface area (Å²) in [7, 11) is 3.54. The number of carboxylic acid groups (broad SMARTS) is 1. The molecule has 0 saturated heterocycles. The van der Waals surface area contributed by atoms with Crippen molar-refractivity contribution in [2.24, 2.45) is 22.1 Å². The number of nitrogens with one attached hydrogen (secondary N) is 1. The molecule has 0 aliphatic heterocycles. The van der Waals surface area contributed by atoms with Gasteiger partial charge in [-0.2, -0.15) is 0 Å². The zero-order valence-corrected chi connectivity index (χ0v) is 15.1. The maximum absolute atomic E-state index is 12.0. The first-order valence-electron chi connectivity index (χ1n) is 8.36. The Morgan fingerprint density at radius 3 is 2.50 bits per heavy atom. The molecule has 0 heterocycles. The van der Waals surface area contributed by atoms with E-state index in [4.69, 9.17) is 5.73 Å². The average molecular weight is 338 g/mol. The molecule has 136 valence electrons. The van der Waals surface area contributed by atoms with Gasteiger partial charge in [-0.05, 0) is 31.1 Å². The van der Waals surface area contributed by atoms with Gasteiger partial charge in [0.1, 0.15) is 5.70 Å². The van der Waals surface area contributed by atoms with Gasteiger partial charge in [-0.3, -0.25) is 9.79 Å². The monoisotopic (exact) mass is 338 g/mol. The van der Waals surface area contributed by atoms with E-state index in [1.165, 1.54) is 0 Å². The molecule has 1 saturated carbocycles. The second kappa shape index (κ2) is 8.70. The first kappa shape index (κ1) is 20.0. The van der Waals surface area contributed by atoms with Crippen molar-refractivity contribution in [3.63, 3.8) is 0 Å². The van der Waals surface area contributed by atoms with Crippen LogP contribution < -0.4 is 11.1 Å². The number of rotatable bonds is 9. The molecule has 0 radical (unpaired) electrons. The van der Waals surface area contributed by atoms with Crippen molar-refractivity contribution in [3.8, 4) is 0 Å². The van der Waals surface area contributed by atoms with Gasteiger partial charge >= 0.3 is 5.97 Å². The van der Waals surface area contributed by atoms with E-state index in [9.17, 15) is 14.7 Å². The van der Waals surface area contributed by atoms with Crippen LogP contribution in [-0.4, -0.2) is 48.5 Å². The number of nitrogens with zero attached hydrogens (tertiary/aromatic N) is 2. The van der Waals surface area contributed by atoms with E-state index in [2.05, 4.69) is 10.3 Å². The third-order valence-electron chi connectivity index (χ3n) is 4.48. The van der Waals surface area contributed by atoms with Crippen LogP contribution in [0.2, 0.25) is 0 Å². The lowest BCUT2D eigenvalue weighted by Crippen LogP contribution is -2.34. The number of hydrogen-bond donors (Lipinski definition) is 3. The minimum Gasteiger partial charge on any atom is -0.477 e. The standard InChI is InChI=1S/C17H30N4O3/c1-17(2)11-12(17)14(22)20-13(15(23)24)9-7-5-6-8-10-21(4)16(18)19-3/h9,12H,5-8,10-11H2,1-4H3,(H2,18,19)(H,20,22)(H,23,24)/b13-9-. The zero-order chi connectivity index (χ0) is 18.3. The fourth-order valence-electron chi connectivity index (χ4n) is 2.53. The summed E-state index contributed by atoms with van der Waals surface area (Å²) in [5.41, 5.74) is 5.66. The van der Waals surface area contributed by atoms with Crippen LogP contribution in [0.3, 0.4) is 0 Å². The summed E-state index contributed by atoms with van der Waals surface area (Å²) in [6.45, 7) is 4.83. The normalized spacial score (nSPS) is 19.8. The SMILES string of the molecule is CN=C(N)N(C)CCCCC/C=C(\NC(=O)C1CC1(C)C)C(=O)O. The number of amides is 1. The van der Waals surface area contributed by atoms with Crippen LogP contribution in [0.15, 0.2) is 16.8 Å². The van der Waals surface area contributed by atoms with Gasteiger partial charge in [-0.15, -0.1) is 0 Å². The molecule has 0 bridgehead atoms. The molecule has 1 unspecified atom stereocenters. The van der Waals surface area contributed by atoms with Crippen LogP contribution in [0.1, 0.15) is 46.0 Å². The maximum Gasteiger partial charge on any atom is 0.352 e. The van der Waals surface area contributed by atoms with Crippen LogP contribution in [0.5, 0.6) is 0 Å². The van der Waals surface area contributed by atoms with Crippen LogP contribution >= 0.6 is 0 Å². The van der Waals surface area contributed by atoms with Gasteiger partial charge in [-0.25, -0.2) is 4.79 Å². The second-order valence-corrected chi connectivity index (χ2v) is 7.01. The van der Waals surface area contributed by atoms with Gasteiger partial charge in [0.15, 0.2) is 5.96 Å². The van der Waals surface area contributed by atoms with Crippen LogP contribution in [-0.2, 0) is 9.59 Å². The van der Waals surface area contributed by atoms with Crippen molar-refractivity contribution in [2.75, 3.05) is 20.6 Å². The van der Waals surface area contributed by atoms with Crippen molar-refractivity contribution < 1.29 is 14.7 Å². The first-order valence-corrected chi connectivity index (χ1v) is 8.36. The van der Waals surface area contributed by atoms with E-state index < -0.39 is 5.97 Å². The molecule has 1 rings (SSSR count). The molecule has 4 N–H and O–H groups in total. The van der Waals surface area contributed by atoms with E-state index in [0.29, 0.717) is 12.4 Å². The highest BCUT2D eigenvalue weighted by molar-refractivity contribution is 5.94. The Bertz CT molecular complexity index is 526. The lowest BCUT2D eigenvalue weighted by Gasteiger charge is -2.17. The number of aliphatic imine (C=N–C) groups is 1. The van der Waals surface area contributed by atoms with Gasteiger partial charge in [0.25, 0.3) is 0 Å². The molecule has 0 aromatic carbocycles. The topological polar surface area (TPSA) is 108 Å². The number of nitrogens with two attached hydrogens (primary N) is 1. The predicted octanol–water partition coefficient (Wildman–Crippen LogP) is 1.55. The second-order valence-electron chi connectivity index (χ2n) is 7.01. The molecule has 1 aliphatic rings. The Morgan fingerprint density at radius 1 is 1.38 bits per heavy atom. The first-order chi connectivity index (χ1) is 11.2.